The average Bonchev–Trinajstić information content (AvgIpc) is 3.03. The number of aryl methyl sites for hydroxylation is 2. The Morgan fingerprint density at radius 1 is 1.28 bits per heavy atom. The van der Waals surface area contributed by atoms with Crippen molar-refractivity contribution in [2.45, 2.75) is 30.5 Å². The molecule has 1 aliphatic heterocycles. The number of hydrogen-bond acceptors (Lipinski definition) is 6. The van der Waals surface area contributed by atoms with Crippen molar-refractivity contribution < 1.29 is 8.42 Å². The van der Waals surface area contributed by atoms with Gasteiger partial charge in [0.15, 0.2) is 0 Å². The summed E-state index contributed by atoms with van der Waals surface area (Å²) in [5.41, 5.74) is -0.173. The number of imidazole rings is 1. The molecule has 2 aromatic rings. The van der Waals surface area contributed by atoms with Crippen LogP contribution in [0.5, 0.6) is 0 Å². The van der Waals surface area contributed by atoms with Crippen LogP contribution < -0.4 is 15.2 Å². The summed E-state index contributed by atoms with van der Waals surface area (Å²) in [5, 5.41) is 4.29. The van der Waals surface area contributed by atoms with Gasteiger partial charge in [-0.2, -0.15) is 5.10 Å². The molecule has 1 saturated heterocycles. The molecule has 9 nitrogen and oxygen atoms in total. The van der Waals surface area contributed by atoms with Crippen molar-refractivity contribution in [2.24, 2.45) is 14.1 Å². The topological polar surface area (TPSA) is 102 Å². The van der Waals surface area contributed by atoms with E-state index in [0.717, 1.165) is 25.8 Å². The van der Waals surface area contributed by atoms with Crippen LogP contribution >= 0.6 is 0 Å². The highest BCUT2D eigenvalue weighted by Gasteiger charge is 2.27. The Hall–Kier alpha value is -2.20. The number of anilines is 1. The molecule has 25 heavy (non-hydrogen) atoms. The van der Waals surface area contributed by atoms with Gasteiger partial charge in [0.25, 0.3) is 15.6 Å². The molecule has 0 spiro atoms. The second kappa shape index (κ2) is 6.96. The zero-order chi connectivity index (χ0) is 18.0. The molecule has 3 rings (SSSR count). The Kier molecular flexibility index (Phi) is 4.91. The Bertz CT molecular complexity index is 904. The minimum Gasteiger partial charge on any atom is -0.351 e. The van der Waals surface area contributed by atoms with Gasteiger partial charge in [-0.3, -0.25) is 4.79 Å². The van der Waals surface area contributed by atoms with E-state index in [-0.39, 0.29) is 23.3 Å². The van der Waals surface area contributed by atoms with Crippen LogP contribution in [0, 0.1) is 0 Å². The first-order valence-electron chi connectivity index (χ1n) is 8.16. The lowest BCUT2D eigenvalue weighted by atomic mass is 10.0. The average molecular weight is 366 g/mol. The number of hydrogen-bond donors (Lipinski definition) is 1. The molecule has 1 aliphatic rings. The summed E-state index contributed by atoms with van der Waals surface area (Å²) in [4.78, 5) is 17.5. The molecule has 0 bridgehead atoms. The highest BCUT2D eigenvalue weighted by atomic mass is 32.2. The molecule has 3 heterocycles. The number of rotatable bonds is 5. The third-order valence-corrected chi connectivity index (χ3v) is 5.81. The first-order valence-corrected chi connectivity index (χ1v) is 9.65. The SMILES string of the molecule is Cn1ccnc1S(=O)(=O)NCC1CCCCN1c1ccc(=O)n(C)n1. The standard InChI is InChI=1S/C15H22N6O3S/c1-19-10-8-16-15(19)25(23,24)17-11-12-5-3-4-9-21(12)13-6-7-14(22)20(2)18-13/h6-8,10,12,17H,3-5,9,11H2,1-2H3. The monoisotopic (exact) mass is 366 g/mol. The van der Waals surface area contributed by atoms with Crippen LogP contribution in [0.3, 0.4) is 0 Å². The van der Waals surface area contributed by atoms with E-state index < -0.39 is 10.0 Å². The molecule has 1 unspecified atom stereocenters. The van der Waals surface area contributed by atoms with Gasteiger partial charge in [-0.15, -0.1) is 0 Å². The molecule has 1 atom stereocenters. The lowest BCUT2D eigenvalue weighted by molar-refractivity contribution is 0.445. The summed E-state index contributed by atoms with van der Waals surface area (Å²) in [6, 6.07) is 3.15. The van der Waals surface area contributed by atoms with Gasteiger partial charge in [-0.1, -0.05) is 0 Å². The molecule has 0 radical (unpaired) electrons. The lowest BCUT2D eigenvalue weighted by Crippen LogP contribution is -2.47. The smallest absolute Gasteiger partial charge is 0.274 e. The maximum absolute atomic E-state index is 12.4. The molecule has 1 N–H and O–H groups in total. The van der Waals surface area contributed by atoms with Crippen LogP contribution in [0.4, 0.5) is 5.82 Å². The second-order valence-corrected chi connectivity index (χ2v) is 7.83. The molecule has 1 fully saturated rings. The fourth-order valence-corrected chi connectivity index (χ4v) is 4.22. The van der Waals surface area contributed by atoms with E-state index in [1.165, 1.54) is 21.5 Å². The summed E-state index contributed by atoms with van der Waals surface area (Å²) in [6.45, 7) is 1.04. The Morgan fingerprint density at radius 2 is 2.08 bits per heavy atom. The van der Waals surface area contributed by atoms with Crippen LogP contribution in [0.15, 0.2) is 34.5 Å². The molecular weight excluding hydrogens is 344 g/mol. The van der Waals surface area contributed by atoms with Gasteiger partial charge in [0.1, 0.15) is 5.82 Å². The summed E-state index contributed by atoms with van der Waals surface area (Å²) < 4.78 is 30.3. The van der Waals surface area contributed by atoms with Crippen molar-refractivity contribution in [2.75, 3.05) is 18.0 Å². The lowest BCUT2D eigenvalue weighted by Gasteiger charge is -2.36. The van der Waals surface area contributed by atoms with E-state index in [2.05, 4.69) is 19.7 Å². The van der Waals surface area contributed by atoms with Gasteiger partial charge in [0.05, 0.1) is 0 Å². The molecule has 136 valence electrons. The Labute approximate surface area is 146 Å². The summed E-state index contributed by atoms with van der Waals surface area (Å²) >= 11 is 0. The van der Waals surface area contributed by atoms with Crippen molar-refractivity contribution >= 4 is 15.8 Å². The fourth-order valence-electron chi connectivity index (χ4n) is 3.04. The number of sulfonamides is 1. The van der Waals surface area contributed by atoms with E-state index >= 15 is 0 Å². The van der Waals surface area contributed by atoms with Crippen molar-refractivity contribution in [1.29, 1.82) is 0 Å². The minimum absolute atomic E-state index is 0.00454. The second-order valence-electron chi connectivity index (χ2n) is 6.17. The molecule has 0 amide bonds. The first-order chi connectivity index (χ1) is 11.9. The number of nitrogens with one attached hydrogen (secondary N) is 1. The predicted octanol–water partition coefficient (Wildman–Crippen LogP) is -0.149. The number of piperidine rings is 1. The maximum Gasteiger partial charge on any atom is 0.274 e. The van der Waals surface area contributed by atoms with Crippen LogP contribution in [0.25, 0.3) is 0 Å². The van der Waals surface area contributed by atoms with Gasteiger partial charge in [-0.25, -0.2) is 22.8 Å². The van der Waals surface area contributed by atoms with E-state index in [0.29, 0.717) is 5.82 Å². The quantitative estimate of drug-likeness (QED) is 0.790. The molecular formula is C15H22N6O3S. The minimum atomic E-state index is -3.67. The van der Waals surface area contributed by atoms with Gasteiger partial charge >= 0.3 is 0 Å². The third-order valence-electron chi connectivity index (χ3n) is 4.39. The van der Waals surface area contributed by atoms with Crippen molar-refractivity contribution in [3.05, 3.63) is 34.9 Å². The van der Waals surface area contributed by atoms with Crippen LogP contribution in [0.2, 0.25) is 0 Å². The van der Waals surface area contributed by atoms with Crippen molar-refractivity contribution in [3.63, 3.8) is 0 Å². The van der Waals surface area contributed by atoms with Gasteiger partial charge in [-0.05, 0) is 25.3 Å². The van der Waals surface area contributed by atoms with Crippen LogP contribution in [0.1, 0.15) is 19.3 Å². The first kappa shape index (κ1) is 17.6. The van der Waals surface area contributed by atoms with Crippen LogP contribution in [-0.4, -0.2) is 46.9 Å². The highest BCUT2D eigenvalue weighted by molar-refractivity contribution is 7.89. The van der Waals surface area contributed by atoms with Gasteiger partial charge < -0.3 is 9.47 Å². The van der Waals surface area contributed by atoms with E-state index in [1.807, 2.05) is 0 Å². The Morgan fingerprint density at radius 3 is 2.76 bits per heavy atom. The van der Waals surface area contributed by atoms with E-state index in [1.54, 1.807) is 26.4 Å². The van der Waals surface area contributed by atoms with Crippen molar-refractivity contribution in [3.8, 4) is 0 Å². The van der Waals surface area contributed by atoms with E-state index in [9.17, 15) is 13.2 Å². The fraction of sp³-hybridized carbons (Fsp3) is 0.533. The van der Waals surface area contributed by atoms with Gasteiger partial charge in [0.2, 0.25) is 5.16 Å². The summed E-state index contributed by atoms with van der Waals surface area (Å²) in [5.74, 6) is 0.683. The summed E-state index contributed by atoms with van der Waals surface area (Å²) in [7, 11) is -0.420. The summed E-state index contributed by atoms with van der Waals surface area (Å²) in [6.07, 6.45) is 5.93. The maximum atomic E-state index is 12.4. The Balaban J connectivity index is 1.76. The van der Waals surface area contributed by atoms with Gasteiger partial charge in [0, 0.05) is 51.7 Å². The molecule has 0 aliphatic carbocycles. The predicted molar refractivity (Wildman–Crippen MR) is 92.9 cm³/mol. The largest absolute Gasteiger partial charge is 0.351 e. The normalized spacial score (nSPS) is 18.5. The molecule has 0 aromatic carbocycles. The van der Waals surface area contributed by atoms with Crippen LogP contribution in [-0.2, 0) is 24.1 Å². The van der Waals surface area contributed by atoms with Crippen molar-refractivity contribution in [1.82, 2.24) is 24.1 Å². The van der Waals surface area contributed by atoms with E-state index in [4.69, 9.17) is 0 Å². The molecule has 2 aromatic heterocycles. The molecule has 0 saturated carbocycles. The zero-order valence-electron chi connectivity index (χ0n) is 14.3. The third kappa shape index (κ3) is 3.74. The highest BCUT2D eigenvalue weighted by Crippen LogP contribution is 2.22. The molecule has 10 heteroatoms. The zero-order valence-corrected chi connectivity index (χ0v) is 15.1. The number of nitrogens with zero attached hydrogens (tertiary/aromatic N) is 5. The number of aromatic nitrogens is 4.